The molecule has 0 saturated heterocycles. The highest BCUT2D eigenvalue weighted by atomic mass is 16.7. The van der Waals surface area contributed by atoms with Gasteiger partial charge in [0.05, 0.1) is 13.2 Å². The second-order valence-corrected chi connectivity index (χ2v) is 3.29. The van der Waals surface area contributed by atoms with Crippen molar-refractivity contribution in [2.75, 3.05) is 19.8 Å². The molecule has 0 fully saturated rings. The molecule has 0 aromatic rings. The highest BCUT2D eigenvalue weighted by Crippen LogP contribution is 1.94. The molecule has 1 atom stereocenters. The number of unbranched alkanes of at least 4 members (excludes halogenated alkanes) is 1. The molecule has 0 aliphatic rings. The largest absolute Gasteiger partial charge is 0.361 e. The second-order valence-electron chi connectivity index (χ2n) is 3.29. The van der Waals surface area contributed by atoms with Crippen molar-refractivity contribution in [2.24, 2.45) is 5.73 Å². The molecule has 0 aliphatic carbocycles. The van der Waals surface area contributed by atoms with Gasteiger partial charge in [0, 0.05) is 6.54 Å². The van der Waals surface area contributed by atoms with Crippen LogP contribution in [0.4, 0.5) is 0 Å². The van der Waals surface area contributed by atoms with Gasteiger partial charge in [-0.15, -0.1) is 0 Å². The first-order valence-electron chi connectivity index (χ1n) is 5.53. The zero-order valence-corrected chi connectivity index (χ0v) is 9.42. The van der Waals surface area contributed by atoms with Crippen molar-refractivity contribution in [3.63, 3.8) is 0 Å². The topological polar surface area (TPSA) is 56.5 Å². The van der Waals surface area contributed by atoms with E-state index in [2.05, 4.69) is 19.3 Å². The molecular formula is C10H24N2O2. The lowest BCUT2D eigenvalue weighted by Gasteiger charge is -2.11. The zero-order chi connectivity index (χ0) is 10.6. The van der Waals surface area contributed by atoms with E-state index >= 15 is 0 Å². The third-order valence-corrected chi connectivity index (χ3v) is 1.82. The van der Waals surface area contributed by atoms with Crippen molar-refractivity contribution in [2.45, 2.75) is 45.8 Å². The van der Waals surface area contributed by atoms with Gasteiger partial charge in [0.1, 0.15) is 6.23 Å². The first-order chi connectivity index (χ1) is 6.81. The van der Waals surface area contributed by atoms with E-state index in [4.69, 9.17) is 15.3 Å². The van der Waals surface area contributed by atoms with E-state index in [0.717, 1.165) is 25.8 Å². The maximum absolute atomic E-state index is 5.65. The predicted molar refractivity (Wildman–Crippen MR) is 57.7 cm³/mol. The number of nitrogens with two attached hydrogens (primary N) is 1. The monoisotopic (exact) mass is 204 g/mol. The maximum atomic E-state index is 5.65. The van der Waals surface area contributed by atoms with Gasteiger partial charge in [-0.3, -0.25) is 4.84 Å². The Hall–Kier alpha value is -0.160. The molecule has 0 rings (SSSR count). The third kappa shape index (κ3) is 9.92. The number of ether oxygens (including phenoxy) is 1. The number of rotatable bonds is 10. The van der Waals surface area contributed by atoms with Gasteiger partial charge in [-0.05, 0) is 12.8 Å². The lowest BCUT2D eigenvalue weighted by molar-refractivity contribution is -0.0297. The van der Waals surface area contributed by atoms with Crippen molar-refractivity contribution < 1.29 is 9.57 Å². The molecule has 14 heavy (non-hydrogen) atoms. The minimum Gasteiger partial charge on any atom is -0.361 e. The summed E-state index contributed by atoms with van der Waals surface area (Å²) in [6, 6.07) is 0. The lowest BCUT2D eigenvalue weighted by Crippen LogP contribution is -2.27. The number of nitrogens with one attached hydrogen (secondary N) is 1. The molecule has 4 heteroatoms. The van der Waals surface area contributed by atoms with Crippen LogP contribution in [-0.4, -0.2) is 26.0 Å². The summed E-state index contributed by atoms with van der Waals surface area (Å²) in [6.07, 6.45) is 4.13. The van der Waals surface area contributed by atoms with Crippen LogP contribution in [0.3, 0.4) is 0 Å². The molecule has 0 bridgehead atoms. The molecule has 0 aliphatic heterocycles. The van der Waals surface area contributed by atoms with E-state index in [1.165, 1.54) is 6.42 Å². The Bertz CT molecular complexity index is 112. The fourth-order valence-electron chi connectivity index (χ4n) is 1.00. The summed E-state index contributed by atoms with van der Waals surface area (Å²) in [5, 5.41) is 0. The Balaban J connectivity index is 2.98. The van der Waals surface area contributed by atoms with Crippen LogP contribution in [-0.2, 0) is 9.57 Å². The normalized spacial score (nSPS) is 13.1. The van der Waals surface area contributed by atoms with Crippen LogP contribution >= 0.6 is 0 Å². The summed E-state index contributed by atoms with van der Waals surface area (Å²) in [5.74, 6) is 0. The van der Waals surface area contributed by atoms with Crippen LogP contribution < -0.4 is 11.2 Å². The van der Waals surface area contributed by atoms with Crippen LogP contribution in [0.25, 0.3) is 0 Å². The van der Waals surface area contributed by atoms with Crippen LogP contribution in [0, 0.1) is 0 Å². The van der Waals surface area contributed by atoms with Crippen molar-refractivity contribution >= 4 is 0 Å². The van der Waals surface area contributed by atoms with E-state index in [9.17, 15) is 0 Å². The summed E-state index contributed by atoms with van der Waals surface area (Å²) in [7, 11) is 0. The van der Waals surface area contributed by atoms with Gasteiger partial charge in [-0.25, -0.2) is 5.48 Å². The summed E-state index contributed by atoms with van der Waals surface area (Å²) >= 11 is 0. The van der Waals surface area contributed by atoms with Crippen molar-refractivity contribution in [3.05, 3.63) is 0 Å². The van der Waals surface area contributed by atoms with E-state index in [0.29, 0.717) is 13.2 Å². The predicted octanol–water partition coefficient (Wildman–Crippen LogP) is 1.41. The smallest absolute Gasteiger partial charge is 0.105 e. The molecule has 0 amide bonds. The highest BCUT2D eigenvalue weighted by molar-refractivity contribution is 4.45. The molecule has 0 aromatic carbocycles. The zero-order valence-electron chi connectivity index (χ0n) is 9.42. The van der Waals surface area contributed by atoms with Gasteiger partial charge in [0.2, 0.25) is 0 Å². The minimum absolute atomic E-state index is 0.140. The van der Waals surface area contributed by atoms with Crippen LogP contribution in [0.5, 0.6) is 0 Å². The maximum Gasteiger partial charge on any atom is 0.105 e. The standard InChI is InChI=1S/C10H24N2O2/c1-3-5-7-12-14-9-8-13-10(11)6-4-2/h10,12H,3-9,11H2,1-2H3. The molecule has 86 valence electrons. The van der Waals surface area contributed by atoms with Gasteiger partial charge in [-0.1, -0.05) is 26.7 Å². The van der Waals surface area contributed by atoms with Crippen LogP contribution in [0.2, 0.25) is 0 Å². The Morgan fingerprint density at radius 2 is 2.00 bits per heavy atom. The highest BCUT2D eigenvalue weighted by Gasteiger charge is 1.99. The van der Waals surface area contributed by atoms with Crippen molar-refractivity contribution in [1.82, 2.24) is 5.48 Å². The van der Waals surface area contributed by atoms with Gasteiger partial charge in [0.15, 0.2) is 0 Å². The lowest BCUT2D eigenvalue weighted by atomic mass is 10.3. The molecule has 0 aromatic heterocycles. The SMILES string of the molecule is CCCCNOCCOC(N)CCC. The summed E-state index contributed by atoms with van der Waals surface area (Å²) in [5.41, 5.74) is 8.52. The van der Waals surface area contributed by atoms with Gasteiger partial charge in [-0.2, -0.15) is 0 Å². The molecule has 1 unspecified atom stereocenters. The molecular weight excluding hydrogens is 180 g/mol. The average Bonchev–Trinajstić information content (AvgIpc) is 2.17. The molecule has 4 nitrogen and oxygen atoms in total. The first-order valence-corrected chi connectivity index (χ1v) is 5.53. The summed E-state index contributed by atoms with van der Waals surface area (Å²) in [4.78, 5) is 5.13. The van der Waals surface area contributed by atoms with Crippen LogP contribution in [0.15, 0.2) is 0 Å². The third-order valence-electron chi connectivity index (χ3n) is 1.82. The molecule has 0 saturated carbocycles. The fourth-order valence-corrected chi connectivity index (χ4v) is 1.00. The van der Waals surface area contributed by atoms with Gasteiger partial charge >= 0.3 is 0 Å². The average molecular weight is 204 g/mol. The van der Waals surface area contributed by atoms with Crippen molar-refractivity contribution in [1.29, 1.82) is 0 Å². The van der Waals surface area contributed by atoms with Crippen LogP contribution in [0.1, 0.15) is 39.5 Å². The Kier molecular flexibility index (Phi) is 10.8. The van der Waals surface area contributed by atoms with E-state index in [-0.39, 0.29) is 6.23 Å². The molecule has 0 spiro atoms. The van der Waals surface area contributed by atoms with Crippen molar-refractivity contribution in [3.8, 4) is 0 Å². The molecule has 3 N–H and O–H groups in total. The summed E-state index contributed by atoms with van der Waals surface area (Å²) in [6.45, 7) is 6.25. The fraction of sp³-hybridized carbons (Fsp3) is 1.00. The number of hydrogen-bond donors (Lipinski definition) is 2. The first kappa shape index (κ1) is 13.8. The quantitative estimate of drug-likeness (QED) is 0.321. The Labute approximate surface area is 87.1 Å². The Morgan fingerprint density at radius 1 is 1.21 bits per heavy atom. The van der Waals surface area contributed by atoms with E-state index < -0.39 is 0 Å². The second kappa shape index (κ2) is 10.9. The number of hydrogen-bond acceptors (Lipinski definition) is 4. The van der Waals surface area contributed by atoms with E-state index in [1.54, 1.807) is 0 Å². The molecule has 0 radical (unpaired) electrons. The van der Waals surface area contributed by atoms with E-state index in [1.807, 2.05) is 0 Å². The molecule has 0 heterocycles. The summed E-state index contributed by atoms with van der Waals surface area (Å²) < 4.78 is 5.30. The van der Waals surface area contributed by atoms with Gasteiger partial charge in [0.25, 0.3) is 0 Å². The van der Waals surface area contributed by atoms with Gasteiger partial charge < -0.3 is 10.5 Å². The Morgan fingerprint density at radius 3 is 2.64 bits per heavy atom. The minimum atomic E-state index is -0.140. The number of hydroxylamine groups is 1.